The van der Waals surface area contributed by atoms with Crippen LogP contribution in [0.1, 0.15) is 6.42 Å². The van der Waals surface area contributed by atoms with Crippen molar-refractivity contribution in [2.24, 2.45) is 0 Å². The van der Waals surface area contributed by atoms with E-state index in [1.54, 1.807) is 12.4 Å². The topological polar surface area (TPSA) is 77.7 Å². The molecular weight excluding hydrogens is 356 g/mol. The molecular formula is C17H16N4O2S2. The largest absolute Gasteiger partial charge is 0.270 e. The summed E-state index contributed by atoms with van der Waals surface area (Å²) in [6.07, 6.45) is 4.09. The molecule has 1 saturated heterocycles. The molecule has 1 atom stereocenters. The van der Waals surface area contributed by atoms with Gasteiger partial charge >= 0.3 is 0 Å². The van der Waals surface area contributed by atoms with Crippen molar-refractivity contribution in [3.8, 4) is 17.1 Å². The van der Waals surface area contributed by atoms with Crippen LogP contribution in [0, 0.1) is 0 Å². The Morgan fingerprint density at radius 2 is 1.80 bits per heavy atom. The number of nitrogens with zero attached hydrogens (tertiary/aromatic N) is 4. The van der Waals surface area contributed by atoms with Crippen LogP contribution < -0.4 is 0 Å². The molecule has 25 heavy (non-hydrogen) atoms. The van der Waals surface area contributed by atoms with Crippen molar-refractivity contribution in [2.75, 3.05) is 11.5 Å². The number of pyridine rings is 1. The highest BCUT2D eigenvalue weighted by Crippen LogP contribution is 2.33. The highest BCUT2D eigenvalue weighted by Gasteiger charge is 2.30. The first-order chi connectivity index (χ1) is 12.1. The van der Waals surface area contributed by atoms with Gasteiger partial charge in [0.2, 0.25) is 0 Å². The van der Waals surface area contributed by atoms with E-state index in [-0.39, 0.29) is 16.8 Å². The number of para-hydroxylation sites is 1. The molecule has 1 aromatic carbocycles. The van der Waals surface area contributed by atoms with Crippen LogP contribution in [0.15, 0.2) is 60.0 Å². The van der Waals surface area contributed by atoms with Crippen LogP contribution in [0.2, 0.25) is 0 Å². The van der Waals surface area contributed by atoms with Crippen LogP contribution in [-0.4, -0.2) is 44.9 Å². The van der Waals surface area contributed by atoms with Crippen LogP contribution in [0.4, 0.5) is 0 Å². The quantitative estimate of drug-likeness (QED) is 0.701. The third-order valence-electron chi connectivity index (χ3n) is 4.05. The van der Waals surface area contributed by atoms with Gasteiger partial charge in [-0.1, -0.05) is 30.0 Å². The van der Waals surface area contributed by atoms with Gasteiger partial charge < -0.3 is 0 Å². The summed E-state index contributed by atoms with van der Waals surface area (Å²) in [5.74, 6) is 1.17. The molecule has 0 bridgehead atoms. The summed E-state index contributed by atoms with van der Waals surface area (Å²) in [5, 5.41) is 9.42. The van der Waals surface area contributed by atoms with Crippen LogP contribution >= 0.6 is 11.8 Å². The first-order valence-corrected chi connectivity index (χ1v) is 10.6. The Bertz CT molecular complexity index is 972. The SMILES string of the molecule is O=S1(=O)CC[C@H](Sc2nnc(-c3ccncc3)n2-c2ccccc2)C1. The number of aromatic nitrogens is 4. The molecule has 0 saturated carbocycles. The van der Waals surface area contributed by atoms with Crippen molar-refractivity contribution >= 4 is 21.6 Å². The second kappa shape index (κ2) is 6.61. The van der Waals surface area contributed by atoms with E-state index in [1.165, 1.54) is 11.8 Å². The van der Waals surface area contributed by atoms with Crippen LogP contribution in [0.3, 0.4) is 0 Å². The minimum absolute atomic E-state index is 0.0157. The fourth-order valence-electron chi connectivity index (χ4n) is 2.85. The first-order valence-electron chi connectivity index (χ1n) is 7.91. The molecule has 8 heteroatoms. The third kappa shape index (κ3) is 3.45. The number of benzene rings is 1. The summed E-state index contributed by atoms with van der Waals surface area (Å²) in [4.78, 5) is 4.05. The maximum Gasteiger partial charge on any atom is 0.196 e. The molecule has 1 fully saturated rings. The maximum atomic E-state index is 11.7. The van der Waals surface area contributed by atoms with Gasteiger partial charge in [-0.15, -0.1) is 10.2 Å². The van der Waals surface area contributed by atoms with Gasteiger partial charge in [0.15, 0.2) is 20.8 Å². The fourth-order valence-corrected chi connectivity index (χ4v) is 6.35. The Morgan fingerprint density at radius 1 is 1.04 bits per heavy atom. The van der Waals surface area contributed by atoms with E-state index in [1.807, 2.05) is 47.0 Å². The van der Waals surface area contributed by atoms with Crippen molar-refractivity contribution in [1.82, 2.24) is 19.7 Å². The van der Waals surface area contributed by atoms with Crippen LogP contribution in [0.25, 0.3) is 17.1 Å². The lowest BCUT2D eigenvalue weighted by atomic mass is 10.2. The van der Waals surface area contributed by atoms with Gasteiger partial charge in [0.05, 0.1) is 11.5 Å². The molecule has 6 nitrogen and oxygen atoms in total. The molecule has 0 aliphatic carbocycles. The maximum absolute atomic E-state index is 11.7. The van der Waals surface area contributed by atoms with Crippen molar-refractivity contribution in [3.05, 3.63) is 54.9 Å². The molecule has 2 aromatic heterocycles. The van der Waals surface area contributed by atoms with Gasteiger partial charge in [-0.25, -0.2) is 8.42 Å². The normalized spacial score (nSPS) is 19.1. The predicted molar refractivity (Wildman–Crippen MR) is 97.5 cm³/mol. The minimum Gasteiger partial charge on any atom is -0.270 e. The number of hydrogen-bond acceptors (Lipinski definition) is 6. The van der Waals surface area contributed by atoms with Crippen LogP contribution in [-0.2, 0) is 9.84 Å². The van der Waals surface area contributed by atoms with E-state index < -0.39 is 9.84 Å². The van der Waals surface area contributed by atoms with E-state index in [9.17, 15) is 8.42 Å². The fraction of sp³-hybridized carbons (Fsp3) is 0.235. The second-order valence-electron chi connectivity index (χ2n) is 5.86. The molecule has 4 rings (SSSR count). The zero-order valence-corrected chi connectivity index (χ0v) is 14.9. The number of hydrogen-bond donors (Lipinski definition) is 0. The summed E-state index contributed by atoms with van der Waals surface area (Å²) >= 11 is 1.49. The average Bonchev–Trinajstić information content (AvgIpc) is 3.19. The molecule has 0 amide bonds. The molecule has 1 aliphatic heterocycles. The molecule has 1 aliphatic rings. The first kappa shape index (κ1) is 16.3. The smallest absolute Gasteiger partial charge is 0.196 e. The zero-order chi connectivity index (χ0) is 17.3. The van der Waals surface area contributed by atoms with Gasteiger partial charge in [-0.2, -0.15) is 0 Å². The molecule has 0 radical (unpaired) electrons. The molecule has 0 spiro atoms. The number of thioether (sulfide) groups is 1. The van der Waals surface area contributed by atoms with Gasteiger partial charge in [0.25, 0.3) is 0 Å². The lowest BCUT2D eigenvalue weighted by Gasteiger charge is -2.12. The van der Waals surface area contributed by atoms with E-state index in [0.29, 0.717) is 11.6 Å². The third-order valence-corrected chi connectivity index (χ3v) is 7.24. The summed E-state index contributed by atoms with van der Waals surface area (Å²) < 4.78 is 25.5. The number of rotatable bonds is 4. The monoisotopic (exact) mass is 372 g/mol. The molecule has 0 unspecified atom stereocenters. The highest BCUT2D eigenvalue weighted by molar-refractivity contribution is 8.01. The van der Waals surface area contributed by atoms with E-state index in [0.717, 1.165) is 17.1 Å². The minimum atomic E-state index is -2.92. The lowest BCUT2D eigenvalue weighted by molar-refractivity contribution is 0.602. The highest BCUT2D eigenvalue weighted by atomic mass is 32.2. The van der Waals surface area contributed by atoms with E-state index in [2.05, 4.69) is 15.2 Å². The van der Waals surface area contributed by atoms with Gasteiger partial charge in [-0.3, -0.25) is 9.55 Å². The zero-order valence-electron chi connectivity index (χ0n) is 13.3. The molecule has 3 heterocycles. The lowest BCUT2D eigenvalue weighted by Crippen LogP contribution is -2.08. The second-order valence-corrected chi connectivity index (χ2v) is 9.35. The van der Waals surface area contributed by atoms with E-state index >= 15 is 0 Å². The molecule has 0 N–H and O–H groups in total. The molecule has 128 valence electrons. The Balaban J connectivity index is 1.76. The molecule has 3 aromatic rings. The number of sulfone groups is 1. The Kier molecular flexibility index (Phi) is 4.30. The standard InChI is InChI=1S/C17H16N4O2S2/c22-25(23)11-8-15(12-25)24-17-20-19-16(13-6-9-18-10-7-13)21(17)14-4-2-1-3-5-14/h1-7,9-10,15H,8,11-12H2/t15-/m0/s1. The predicted octanol–water partition coefficient (Wildman–Crippen LogP) is 2.61. The summed E-state index contributed by atoms with van der Waals surface area (Å²) in [6, 6.07) is 13.6. The van der Waals surface area contributed by atoms with Crippen LogP contribution in [0.5, 0.6) is 0 Å². The summed E-state index contributed by atoms with van der Waals surface area (Å²) in [7, 11) is -2.92. The van der Waals surface area contributed by atoms with Gasteiger partial charge in [0, 0.05) is 28.9 Å². The Labute approximate surface area is 150 Å². The van der Waals surface area contributed by atoms with Crippen molar-refractivity contribution < 1.29 is 8.42 Å². The Morgan fingerprint density at radius 3 is 2.48 bits per heavy atom. The van der Waals surface area contributed by atoms with Crippen molar-refractivity contribution in [3.63, 3.8) is 0 Å². The van der Waals surface area contributed by atoms with Gasteiger partial charge in [-0.05, 0) is 30.7 Å². The van der Waals surface area contributed by atoms with Crippen molar-refractivity contribution in [1.29, 1.82) is 0 Å². The van der Waals surface area contributed by atoms with E-state index in [4.69, 9.17) is 0 Å². The average molecular weight is 372 g/mol. The summed E-state index contributed by atoms with van der Waals surface area (Å²) in [5.41, 5.74) is 1.86. The summed E-state index contributed by atoms with van der Waals surface area (Å²) in [6.45, 7) is 0. The Hall–Kier alpha value is -2.19. The van der Waals surface area contributed by atoms with Gasteiger partial charge in [0.1, 0.15) is 0 Å². The van der Waals surface area contributed by atoms with Crippen molar-refractivity contribution in [2.45, 2.75) is 16.8 Å².